The number of hydrogen-bond acceptors (Lipinski definition) is 7. The van der Waals surface area contributed by atoms with Crippen LogP contribution in [0.4, 0.5) is 5.69 Å². The molecule has 0 saturated carbocycles. The first-order valence-corrected chi connectivity index (χ1v) is 12.3. The van der Waals surface area contributed by atoms with Gasteiger partial charge in [0.15, 0.2) is 9.84 Å². The Bertz CT molecular complexity index is 1130. The van der Waals surface area contributed by atoms with E-state index in [9.17, 15) is 27.9 Å². The molecule has 29 heavy (non-hydrogen) atoms. The molecule has 12 heteroatoms. The lowest BCUT2D eigenvalue weighted by Crippen LogP contribution is -2.39. The van der Waals surface area contributed by atoms with Crippen molar-refractivity contribution in [3.63, 3.8) is 0 Å². The monoisotopic (exact) mass is 516 g/mol. The molecule has 0 bridgehead atoms. The molecule has 3 aliphatic rings. The molecule has 2 saturated heterocycles. The van der Waals surface area contributed by atoms with Gasteiger partial charge in [-0.05, 0) is 24.6 Å². The number of thioether (sulfide) groups is 1. The first kappa shape index (κ1) is 20.5. The SMILES string of the molecule is O=C(O)CN1C(=O)/C(=C2\SC(=S)N(C3CCS(=O)(=O)C3)C2=O)c2cc(Br)ccc21. The van der Waals surface area contributed by atoms with Crippen LogP contribution in [0.1, 0.15) is 12.0 Å². The first-order chi connectivity index (χ1) is 13.6. The summed E-state index contributed by atoms with van der Waals surface area (Å²) >= 11 is 9.59. The molecule has 3 heterocycles. The van der Waals surface area contributed by atoms with Gasteiger partial charge in [-0.1, -0.05) is 39.9 Å². The number of halogens is 1. The highest BCUT2D eigenvalue weighted by Crippen LogP contribution is 2.46. The van der Waals surface area contributed by atoms with E-state index in [1.54, 1.807) is 18.2 Å². The fraction of sp³-hybridized carbons (Fsp3) is 0.294. The summed E-state index contributed by atoms with van der Waals surface area (Å²) in [4.78, 5) is 39.9. The standard InChI is InChI=1S/C17H13BrN2O6S3/c18-8-1-2-11-10(5-8)13(15(23)19(11)6-12(21)22)14-16(24)20(17(27)28-14)9-3-4-29(25,26)7-9/h1-2,5,9H,3-4,6-7H2,(H,21,22)/b14-13-. The van der Waals surface area contributed by atoms with Crippen LogP contribution >= 0.6 is 39.9 Å². The molecule has 1 unspecified atom stereocenters. The van der Waals surface area contributed by atoms with E-state index in [0.717, 1.165) is 16.7 Å². The van der Waals surface area contributed by atoms with Crippen LogP contribution in [0.25, 0.3) is 5.57 Å². The molecule has 0 spiro atoms. The molecule has 152 valence electrons. The van der Waals surface area contributed by atoms with Gasteiger partial charge in [0.25, 0.3) is 11.8 Å². The smallest absolute Gasteiger partial charge is 0.323 e. The van der Waals surface area contributed by atoms with E-state index >= 15 is 0 Å². The average Bonchev–Trinajstić information content (AvgIpc) is 3.20. The number of hydrogen-bond donors (Lipinski definition) is 1. The van der Waals surface area contributed by atoms with Gasteiger partial charge in [-0.2, -0.15) is 0 Å². The summed E-state index contributed by atoms with van der Waals surface area (Å²) in [5, 5.41) is 9.17. The summed E-state index contributed by atoms with van der Waals surface area (Å²) in [6.45, 7) is -0.544. The Labute approximate surface area is 184 Å². The number of rotatable bonds is 3. The summed E-state index contributed by atoms with van der Waals surface area (Å²) < 4.78 is 24.5. The minimum atomic E-state index is -3.23. The number of carbonyl (C=O) groups excluding carboxylic acids is 2. The van der Waals surface area contributed by atoms with Crippen LogP contribution in [-0.4, -0.2) is 64.6 Å². The van der Waals surface area contributed by atoms with E-state index in [2.05, 4.69) is 15.9 Å². The van der Waals surface area contributed by atoms with Gasteiger partial charge in [0.2, 0.25) is 0 Å². The quantitative estimate of drug-likeness (QED) is 0.476. The molecule has 1 N–H and O–H groups in total. The Hall–Kier alpha value is -1.76. The van der Waals surface area contributed by atoms with E-state index in [1.807, 2.05) is 0 Å². The lowest BCUT2D eigenvalue weighted by Gasteiger charge is -2.21. The molecule has 0 aliphatic carbocycles. The van der Waals surface area contributed by atoms with Crippen molar-refractivity contribution in [2.45, 2.75) is 12.5 Å². The molecular formula is C17H13BrN2O6S3. The van der Waals surface area contributed by atoms with Crippen molar-refractivity contribution in [2.24, 2.45) is 0 Å². The predicted molar refractivity (Wildman–Crippen MR) is 115 cm³/mol. The number of amides is 2. The van der Waals surface area contributed by atoms with Crippen LogP contribution in [0.15, 0.2) is 27.6 Å². The number of aliphatic carboxylic acids is 1. The van der Waals surface area contributed by atoms with Gasteiger partial charge in [0.1, 0.15) is 10.9 Å². The maximum atomic E-state index is 13.1. The third-order valence-electron chi connectivity index (χ3n) is 4.87. The van der Waals surface area contributed by atoms with Crippen molar-refractivity contribution >= 4 is 83.1 Å². The first-order valence-electron chi connectivity index (χ1n) is 8.42. The molecule has 0 aromatic heterocycles. The van der Waals surface area contributed by atoms with Crippen molar-refractivity contribution in [1.82, 2.24) is 4.90 Å². The van der Waals surface area contributed by atoms with Gasteiger partial charge in [0, 0.05) is 10.0 Å². The Kier molecular flexibility index (Phi) is 5.08. The van der Waals surface area contributed by atoms with Crippen molar-refractivity contribution in [3.8, 4) is 0 Å². The molecule has 1 atom stereocenters. The highest BCUT2D eigenvalue weighted by atomic mass is 79.9. The zero-order chi connectivity index (χ0) is 21.1. The number of thiocarbonyl (C=S) groups is 1. The number of anilines is 1. The minimum absolute atomic E-state index is 0.0122. The predicted octanol–water partition coefficient (Wildman–Crippen LogP) is 1.64. The Balaban J connectivity index is 1.80. The van der Waals surface area contributed by atoms with Crippen LogP contribution < -0.4 is 4.90 Å². The maximum absolute atomic E-state index is 13.1. The fourth-order valence-electron chi connectivity index (χ4n) is 3.64. The normalized spacial score (nSPS) is 25.8. The van der Waals surface area contributed by atoms with Gasteiger partial charge in [-0.15, -0.1) is 0 Å². The zero-order valence-electron chi connectivity index (χ0n) is 14.6. The molecular weight excluding hydrogens is 504 g/mol. The molecule has 2 amide bonds. The molecule has 3 aliphatic heterocycles. The molecule has 4 rings (SSSR count). The molecule has 8 nitrogen and oxygen atoms in total. The topological polar surface area (TPSA) is 112 Å². The number of carbonyl (C=O) groups is 3. The number of carboxylic acid groups (broad SMARTS) is 1. The minimum Gasteiger partial charge on any atom is -0.480 e. The third kappa shape index (κ3) is 3.51. The number of nitrogens with zero attached hydrogens (tertiary/aromatic N) is 2. The maximum Gasteiger partial charge on any atom is 0.323 e. The van der Waals surface area contributed by atoms with E-state index < -0.39 is 40.2 Å². The number of benzene rings is 1. The summed E-state index contributed by atoms with van der Waals surface area (Å²) in [7, 11) is -3.23. The van der Waals surface area contributed by atoms with E-state index in [4.69, 9.17) is 12.2 Å². The van der Waals surface area contributed by atoms with Crippen LogP contribution in [0.5, 0.6) is 0 Å². The van der Waals surface area contributed by atoms with Gasteiger partial charge in [-0.3, -0.25) is 24.2 Å². The van der Waals surface area contributed by atoms with Crippen LogP contribution in [0.3, 0.4) is 0 Å². The Morgan fingerprint density at radius 1 is 1.31 bits per heavy atom. The summed E-state index contributed by atoms with van der Waals surface area (Å²) in [5.74, 6) is -2.48. The van der Waals surface area contributed by atoms with Crippen molar-refractivity contribution < 1.29 is 27.9 Å². The third-order valence-corrected chi connectivity index (χ3v) is 8.52. The van der Waals surface area contributed by atoms with Gasteiger partial charge in [-0.25, -0.2) is 8.42 Å². The van der Waals surface area contributed by atoms with Crippen LogP contribution in [0, 0.1) is 0 Å². The highest BCUT2D eigenvalue weighted by molar-refractivity contribution is 9.10. The number of fused-ring (bicyclic) bond motifs is 1. The lowest BCUT2D eigenvalue weighted by molar-refractivity contribution is -0.136. The van der Waals surface area contributed by atoms with E-state index in [1.165, 1.54) is 4.90 Å². The summed E-state index contributed by atoms with van der Waals surface area (Å²) in [6, 6.07) is 4.38. The van der Waals surface area contributed by atoms with Gasteiger partial charge >= 0.3 is 5.97 Å². The number of carboxylic acids is 1. The lowest BCUT2D eigenvalue weighted by atomic mass is 10.1. The van der Waals surface area contributed by atoms with E-state index in [0.29, 0.717) is 22.1 Å². The summed E-state index contributed by atoms with van der Waals surface area (Å²) in [5.41, 5.74) is 0.915. The largest absolute Gasteiger partial charge is 0.480 e. The van der Waals surface area contributed by atoms with Crippen molar-refractivity contribution in [2.75, 3.05) is 23.0 Å². The number of sulfone groups is 1. The fourth-order valence-corrected chi connectivity index (χ4v) is 7.17. The molecule has 1 aromatic rings. The second-order valence-corrected chi connectivity index (χ2v) is 11.5. The molecule has 2 fully saturated rings. The zero-order valence-corrected chi connectivity index (χ0v) is 18.7. The second-order valence-electron chi connectivity index (χ2n) is 6.75. The van der Waals surface area contributed by atoms with E-state index in [-0.39, 0.29) is 26.3 Å². The Morgan fingerprint density at radius 2 is 2.03 bits per heavy atom. The van der Waals surface area contributed by atoms with Gasteiger partial charge in [0.05, 0.1) is 33.7 Å². The molecule has 0 radical (unpaired) electrons. The van der Waals surface area contributed by atoms with Crippen LogP contribution in [0.2, 0.25) is 0 Å². The van der Waals surface area contributed by atoms with Gasteiger partial charge < -0.3 is 5.11 Å². The van der Waals surface area contributed by atoms with Crippen molar-refractivity contribution in [3.05, 3.63) is 33.1 Å². The highest BCUT2D eigenvalue weighted by Gasteiger charge is 2.46. The second kappa shape index (κ2) is 7.18. The average molecular weight is 517 g/mol. The van der Waals surface area contributed by atoms with Crippen LogP contribution in [-0.2, 0) is 24.2 Å². The molecule has 1 aromatic carbocycles. The summed E-state index contributed by atoms with van der Waals surface area (Å²) in [6.07, 6.45) is 0.290. The Morgan fingerprint density at radius 3 is 2.66 bits per heavy atom. The van der Waals surface area contributed by atoms with Crippen molar-refractivity contribution in [1.29, 1.82) is 0 Å².